The molecule has 0 saturated heterocycles. The minimum Gasteiger partial charge on any atom is -0.367 e. The standard InChI is InChI=1S/C16H18F3N5O/c1-8-6-12(21-10-4-5-10)22-14-11(7-20-24(8)14)15(25)23-13(9-2-3-9)16(17,18)19/h6-7,9-10,13H,2-5H2,1H3,(H,21,22)(H,23,25). The summed E-state index contributed by atoms with van der Waals surface area (Å²) in [5.74, 6) is -0.719. The van der Waals surface area contributed by atoms with Gasteiger partial charge in [-0.05, 0) is 38.5 Å². The van der Waals surface area contributed by atoms with Crippen molar-refractivity contribution in [3.63, 3.8) is 0 Å². The van der Waals surface area contributed by atoms with Crippen molar-refractivity contribution in [3.05, 3.63) is 23.5 Å². The van der Waals surface area contributed by atoms with Crippen LogP contribution < -0.4 is 10.6 Å². The number of nitrogens with zero attached hydrogens (tertiary/aromatic N) is 3. The molecule has 2 aromatic rings. The first-order chi connectivity index (χ1) is 11.8. The normalized spacial score (nSPS) is 19.0. The van der Waals surface area contributed by atoms with E-state index in [9.17, 15) is 18.0 Å². The van der Waals surface area contributed by atoms with Crippen LogP contribution in [-0.4, -0.2) is 38.8 Å². The molecule has 2 heterocycles. The van der Waals surface area contributed by atoms with Gasteiger partial charge in [0.05, 0.1) is 6.20 Å². The summed E-state index contributed by atoms with van der Waals surface area (Å²) in [6, 6.07) is 0.366. The number of hydrogen-bond acceptors (Lipinski definition) is 4. The SMILES string of the molecule is Cc1cc(NC2CC2)nc2c(C(=O)NC(C3CC3)C(F)(F)F)cnn12. The maximum absolute atomic E-state index is 13.1. The molecule has 4 rings (SSSR count). The van der Waals surface area contributed by atoms with Crippen molar-refractivity contribution in [1.29, 1.82) is 0 Å². The fourth-order valence-electron chi connectivity index (χ4n) is 2.90. The van der Waals surface area contributed by atoms with Gasteiger partial charge in [-0.3, -0.25) is 4.79 Å². The quantitative estimate of drug-likeness (QED) is 0.867. The zero-order valence-electron chi connectivity index (χ0n) is 13.6. The number of fused-ring (bicyclic) bond motifs is 1. The van der Waals surface area contributed by atoms with E-state index in [1.807, 2.05) is 13.0 Å². The molecule has 0 aliphatic heterocycles. The van der Waals surface area contributed by atoms with Crippen LogP contribution in [0.1, 0.15) is 41.7 Å². The predicted octanol–water partition coefficient (Wildman–Crippen LogP) is 2.68. The Morgan fingerprint density at radius 2 is 2.04 bits per heavy atom. The molecule has 2 saturated carbocycles. The van der Waals surface area contributed by atoms with Crippen molar-refractivity contribution in [3.8, 4) is 0 Å². The van der Waals surface area contributed by atoms with Crippen LogP contribution in [0.25, 0.3) is 5.65 Å². The average Bonchev–Trinajstić information content (AvgIpc) is 3.43. The van der Waals surface area contributed by atoms with Crippen molar-refractivity contribution in [2.24, 2.45) is 5.92 Å². The van der Waals surface area contributed by atoms with Crippen molar-refractivity contribution < 1.29 is 18.0 Å². The molecule has 9 heteroatoms. The number of amides is 1. The van der Waals surface area contributed by atoms with Gasteiger partial charge in [0.15, 0.2) is 5.65 Å². The summed E-state index contributed by atoms with van der Waals surface area (Å²) < 4.78 is 40.9. The number of alkyl halides is 3. The molecule has 6 nitrogen and oxygen atoms in total. The summed E-state index contributed by atoms with van der Waals surface area (Å²) in [6.07, 6.45) is -0.105. The van der Waals surface area contributed by atoms with Crippen LogP contribution >= 0.6 is 0 Å². The average molecular weight is 353 g/mol. The molecule has 1 amide bonds. The Bertz CT molecular complexity index is 823. The second-order valence-corrected chi connectivity index (χ2v) is 6.83. The highest BCUT2D eigenvalue weighted by Crippen LogP contribution is 2.40. The van der Waals surface area contributed by atoms with Gasteiger partial charge >= 0.3 is 6.18 Å². The highest BCUT2D eigenvalue weighted by atomic mass is 19.4. The first-order valence-electron chi connectivity index (χ1n) is 8.32. The summed E-state index contributed by atoms with van der Waals surface area (Å²) in [5.41, 5.74) is 1.07. The van der Waals surface area contributed by atoms with Crippen LogP contribution in [-0.2, 0) is 0 Å². The van der Waals surface area contributed by atoms with Crippen LogP contribution in [0.2, 0.25) is 0 Å². The largest absolute Gasteiger partial charge is 0.408 e. The molecule has 1 atom stereocenters. The molecule has 2 fully saturated rings. The smallest absolute Gasteiger partial charge is 0.367 e. The Labute approximate surface area is 141 Å². The van der Waals surface area contributed by atoms with E-state index in [4.69, 9.17) is 0 Å². The molecule has 0 spiro atoms. The Balaban J connectivity index is 1.63. The minimum absolute atomic E-state index is 0.0532. The monoisotopic (exact) mass is 353 g/mol. The van der Waals surface area contributed by atoms with Crippen molar-refractivity contribution in [1.82, 2.24) is 19.9 Å². The lowest BCUT2D eigenvalue weighted by Crippen LogP contribution is -2.46. The lowest BCUT2D eigenvalue weighted by atomic mass is 10.1. The molecule has 2 aliphatic rings. The molecular weight excluding hydrogens is 335 g/mol. The highest BCUT2D eigenvalue weighted by molar-refractivity contribution is 6.00. The summed E-state index contributed by atoms with van der Waals surface area (Å²) in [7, 11) is 0. The summed E-state index contributed by atoms with van der Waals surface area (Å²) in [4.78, 5) is 16.8. The number of nitrogens with one attached hydrogen (secondary N) is 2. The molecule has 0 radical (unpaired) electrons. The Morgan fingerprint density at radius 1 is 1.32 bits per heavy atom. The lowest BCUT2D eigenvalue weighted by molar-refractivity contribution is -0.158. The summed E-state index contributed by atoms with van der Waals surface area (Å²) in [6.45, 7) is 1.81. The molecular formula is C16H18F3N5O. The van der Waals surface area contributed by atoms with Gasteiger partial charge in [-0.25, -0.2) is 9.50 Å². The van der Waals surface area contributed by atoms with Crippen LogP contribution in [0.4, 0.5) is 19.0 Å². The number of carbonyl (C=O) groups is 1. The Kier molecular flexibility index (Phi) is 3.62. The molecule has 134 valence electrons. The van der Waals surface area contributed by atoms with Crippen LogP contribution in [0.5, 0.6) is 0 Å². The maximum Gasteiger partial charge on any atom is 0.408 e. The third-order valence-electron chi connectivity index (χ3n) is 4.56. The number of rotatable bonds is 5. The molecule has 0 aromatic carbocycles. The second kappa shape index (κ2) is 5.60. The molecule has 2 aliphatic carbocycles. The predicted molar refractivity (Wildman–Crippen MR) is 84.4 cm³/mol. The topological polar surface area (TPSA) is 71.3 Å². The Hall–Kier alpha value is -2.32. The first-order valence-corrected chi connectivity index (χ1v) is 8.32. The summed E-state index contributed by atoms with van der Waals surface area (Å²) in [5, 5.41) is 9.45. The number of carbonyl (C=O) groups excluding carboxylic acids is 1. The van der Waals surface area contributed by atoms with Gasteiger partial charge in [0.1, 0.15) is 17.4 Å². The van der Waals surface area contributed by atoms with Gasteiger partial charge in [0, 0.05) is 17.8 Å². The van der Waals surface area contributed by atoms with Crippen LogP contribution in [0.15, 0.2) is 12.3 Å². The van der Waals surface area contributed by atoms with Gasteiger partial charge in [-0.1, -0.05) is 0 Å². The third-order valence-corrected chi connectivity index (χ3v) is 4.56. The summed E-state index contributed by atoms with van der Waals surface area (Å²) >= 11 is 0. The molecule has 1 unspecified atom stereocenters. The van der Waals surface area contributed by atoms with E-state index in [0.717, 1.165) is 18.5 Å². The molecule has 2 N–H and O–H groups in total. The van der Waals surface area contributed by atoms with E-state index in [1.54, 1.807) is 0 Å². The van der Waals surface area contributed by atoms with Gasteiger partial charge in [0.25, 0.3) is 5.91 Å². The van der Waals surface area contributed by atoms with Gasteiger partial charge in [-0.2, -0.15) is 18.3 Å². The zero-order valence-corrected chi connectivity index (χ0v) is 13.6. The first kappa shape index (κ1) is 16.2. The van der Waals surface area contributed by atoms with Crippen molar-refractivity contribution in [2.45, 2.75) is 50.9 Å². The van der Waals surface area contributed by atoms with E-state index < -0.39 is 24.0 Å². The van der Waals surface area contributed by atoms with E-state index in [1.165, 1.54) is 10.7 Å². The number of aryl methyl sites for hydroxylation is 1. The van der Waals surface area contributed by atoms with Crippen LogP contribution in [0.3, 0.4) is 0 Å². The highest BCUT2D eigenvalue weighted by Gasteiger charge is 2.49. The number of halogens is 3. The van der Waals surface area contributed by atoms with E-state index >= 15 is 0 Å². The fourth-order valence-corrected chi connectivity index (χ4v) is 2.90. The number of anilines is 1. The maximum atomic E-state index is 13.1. The van der Waals surface area contributed by atoms with Gasteiger partial charge in [0.2, 0.25) is 0 Å². The molecule has 0 bridgehead atoms. The fraction of sp³-hybridized carbons (Fsp3) is 0.562. The minimum atomic E-state index is -4.46. The van der Waals surface area contributed by atoms with E-state index in [0.29, 0.717) is 24.7 Å². The van der Waals surface area contributed by atoms with Crippen molar-refractivity contribution in [2.75, 3.05) is 5.32 Å². The van der Waals surface area contributed by atoms with Crippen molar-refractivity contribution >= 4 is 17.4 Å². The second-order valence-electron chi connectivity index (χ2n) is 6.83. The number of hydrogen-bond donors (Lipinski definition) is 2. The molecule has 25 heavy (non-hydrogen) atoms. The van der Waals surface area contributed by atoms with Gasteiger partial charge in [-0.15, -0.1) is 0 Å². The third kappa shape index (κ3) is 3.27. The number of aromatic nitrogens is 3. The van der Waals surface area contributed by atoms with Gasteiger partial charge < -0.3 is 10.6 Å². The van der Waals surface area contributed by atoms with E-state index in [2.05, 4.69) is 20.7 Å². The van der Waals surface area contributed by atoms with E-state index in [-0.39, 0.29) is 11.2 Å². The van der Waals surface area contributed by atoms with Crippen LogP contribution in [0, 0.1) is 12.8 Å². The lowest BCUT2D eigenvalue weighted by Gasteiger charge is -2.20. The zero-order chi connectivity index (χ0) is 17.8. The Morgan fingerprint density at radius 3 is 2.64 bits per heavy atom. The molecule has 2 aromatic heterocycles.